The molecule has 0 radical (unpaired) electrons. The van der Waals surface area contributed by atoms with E-state index in [-0.39, 0.29) is 0 Å². The average Bonchev–Trinajstić information content (AvgIpc) is 2.72. The second kappa shape index (κ2) is 5.57. The lowest BCUT2D eigenvalue weighted by molar-refractivity contribution is 0.529. The van der Waals surface area contributed by atoms with E-state index in [0.717, 1.165) is 12.2 Å². The van der Waals surface area contributed by atoms with E-state index in [0.29, 0.717) is 6.04 Å². The Labute approximate surface area is 115 Å². The predicted molar refractivity (Wildman–Crippen MR) is 80.3 cm³/mol. The van der Waals surface area contributed by atoms with Crippen molar-refractivity contribution in [3.05, 3.63) is 41.2 Å². The van der Waals surface area contributed by atoms with Crippen LogP contribution in [0.2, 0.25) is 0 Å². The number of benzene rings is 1. The molecule has 1 aromatic carbocycles. The molecule has 0 spiro atoms. The largest absolute Gasteiger partial charge is 0.316 e. The van der Waals surface area contributed by atoms with Crippen molar-refractivity contribution in [2.45, 2.75) is 40.3 Å². The number of aromatic nitrogens is 2. The van der Waals surface area contributed by atoms with Gasteiger partial charge in [-0.05, 0) is 51.4 Å². The minimum Gasteiger partial charge on any atom is -0.316 e. The quantitative estimate of drug-likeness (QED) is 0.909. The summed E-state index contributed by atoms with van der Waals surface area (Å²) in [6, 6.07) is 7.04. The summed E-state index contributed by atoms with van der Waals surface area (Å²) in [5, 5.41) is 7.78. The molecule has 2 aromatic rings. The predicted octanol–water partition coefficient (Wildman–Crippen LogP) is 3.47. The molecular weight excluding hydrogens is 234 g/mol. The van der Waals surface area contributed by atoms with Gasteiger partial charge in [0, 0.05) is 24.3 Å². The van der Waals surface area contributed by atoms with Crippen molar-refractivity contribution in [1.82, 2.24) is 15.1 Å². The van der Waals surface area contributed by atoms with E-state index in [9.17, 15) is 0 Å². The Morgan fingerprint density at radius 1 is 1.21 bits per heavy atom. The Hall–Kier alpha value is -1.61. The van der Waals surface area contributed by atoms with Crippen LogP contribution in [0, 0.1) is 13.8 Å². The maximum Gasteiger partial charge on any atom is 0.0672 e. The minimum absolute atomic E-state index is 0.399. The van der Waals surface area contributed by atoms with Gasteiger partial charge in [0.2, 0.25) is 0 Å². The summed E-state index contributed by atoms with van der Waals surface area (Å²) >= 11 is 0. The molecule has 1 aromatic heterocycles. The van der Waals surface area contributed by atoms with E-state index in [2.05, 4.69) is 62.5 Å². The summed E-state index contributed by atoms with van der Waals surface area (Å²) in [7, 11) is 1.97. The number of hydrogen-bond acceptors (Lipinski definition) is 2. The minimum atomic E-state index is 0.399. The van der Waals surface area contributed by atoms with E-state index in [1.807, 2.05) is 11.7 Å². The van der Waals surface area contributed by atoms with Crippen LogP contribution in [0.15, 0.2) is 24.4 Å². The Morgan fingerprint density at radius 3 is 2.47 bits per heavy atom. The Morgan fingerprint density at radius 2 is 1.95 bits per heavy atom. The lowest BCUT2D eigenvalue weighted by Gasteiger charge is -2.08. The molecule has 19 heavy (non-hydrogen) atoms. The highest BCUT2D eigenvalue weighted by Crippen LogP contribution is 2.27. The summed E-state index contributed by atoms with van der Waals surface area (Å²) in [6.45, 7) is 9.46. The molecule has 0 saturated heterocycles. The lowest BCUT2D eigenvalue weighted by atomic mass is 9.99. The summed E-state index contributed by atoms with van der Waals surface area (Å²) in [5.41, 5.74) is 6.24. The third-order valence-electron chi connectivity index (χ3n) is 3.41. The maximum atomic E-state index is 4.59. The van der Waals surface area contributed by atoms with Crippen molar-refractivity contribution in [2.24, 2.45) is 0 Å². The second-order valence-electron chi connectivity index (χ2n) is 5.38. The van der Waals surface area contributed by atoms with Crippen LogP contribution in [0.3, 0.4) is 0 Å². The van der Waals surface area contributed by atoms with Gasteiger partial charge in [0.15, 0.2) is 0 Å². The molecule has 0 aliphatic heterocycles. The molecule has 3 heteroatoms. The average molecular weight is 257 g/mol. The van der Waals surface area contributed by atoms with Crippen LogP contribution >= 0.6 is 0 Å². The molecule has 3 nitrogen and oxygen atoms in total. The fraction of sp³-hybridized carbons (Fsp3) is 0.438. The van der Waals surface area contributed by atoms with Crippen molar-refractivity contribution in [3.63, 3.8) is 0 Å². The SMILES string of the molecule is CNCc1ccc(-c2cn(C(C)C)nc2C)c(C)c1. The molecule has 1 N–H and O–H groups in total. The fourth-order valence-corrected chi connectivity index (χ4v) is 2.35. The fourth-order valence-electron chi connectivity index (χ4n) is 2.35. The van der Waals surface area contributed by atoms with Crippen molar-refractivity contribution >= 4 is 0 Å². The standard InChI is InChI=1S/C16H23N3/c1-11(2)19-10-16(13(4)18-19)15-7-6-14(9-17-5)8-12(15)3/h6-8,10-11,17H,9H2,1-5H3. The van der Waals surface area contributed by atoms with Gasteiger partial charge in [-0.3, -0.25) is 4.68 Å². The Kier molecular flexibility index (Phi) is 4.05. The first-order valence-electron chi connectivity index (χ1n) is 6.83. The molecule has 102 valence electrons. The lowest BCUT2D eigenvalue weighted by Crippen LogP contribution is -2.05. The highest BCUT2D eigenvalue weighted by molar-refractivity contribution is 5.69. The van der Waals surface area contributed by atoms with Gasteiger partial charge < -0.3 is 5.32 Å². The number of hydrogen-bond donors (Lipinski definition) is 1. The number of nitrogens with zero attached hydrogens (tertiary/aromatic N) is 2. The normalized spacial score (nSPS) is 11.3. The molecule has 0 unspecified atom stereocenters. The van der Waals surface area contributed by atoms with Crippen LogP contribution in [0.5, 0.6) is 0 Å². The molecule has 0 bridgehead atoms. The van der Waals surface area contributed by atoms with Crippen LogP contribution < -0.4 is 5.32 Å². The molecule has 2 rings (SSSR count). The van der Waals surface area contributed by atoms with Gasteiger partial charge in [0.1, 0.15) is 0 Å². The molecule has 0 aliphatic carbocycles. The smallest absolute Gasteiger partial charge is 0.0672 e. The third kappa shape index (κ3) is 2.87. The van der Waals surface area contributed by atoms with Crippen LogP contribution in [0.1, 0.15) is 36.7 Å². The topological polar surface area (TPSA) is 29.9 Å². The van der Waals surface area contributed by atoms with Crippen molar-refractivity contribution in [2.75, 3.05) is 7.05 Å². The van der Waals surface area contributed by atoms with Gasteiger partial charge in [-0.25, -0.2) is 0 Å². The molecule has 0 fully saturated rings. The molecule has 0 atom stereocenters. The van der Waals surface area contributed by atoms with Gasteiger partial charge in [-0.1, -0.05) is 18.2 Å². The van der Waals surface area contributed by atoms with E-state index in [1.165, 1.54) is 22.3 Å². The molecule has 0 amide bonds. The van der Waals surface area contributed by atoms with Crippen LogP contribution in [-0.4, -0.2) is 16.8 Å². The van der Waals surface area contributed by atoms with Crippen molar-refractivity contribution in [3.8, 4) is 11.1 Å². The van der Waals surface area contributed by atoms with Gasteiger partial charge >= 0.3 is 0 Å². The summed E-state index contributed by atoms with van der Waals surface area (Å²) in [6.07, 6.45) is 2.15. The van der Waals surface area contributed by atoms with Crippen molar-refractivity contribution in [1.29, 1.82) is 0 Å². The van der Waals surface area contributed by atoms with Gasteiger partial charge in [-0.15, -0.1) is 0 Å². The molecule has 0 aliphatic rings. The van der Waals surface area contributed by atoms with E-state index >= 15 is 0 Å². The third-order valence-corrected chi connectivity index (χ3v) is 3.41. The first kappa shape index (κ1) is 13.8. The maximum absolute atomic E-state index is 4.59. The summed E-state index contributed by atoms with van der Waals surface area (Å²) in [5.74, 6) is 0. The first-order chi connectivity index (χ1) is 9.02. The summed E-state index contributed by atoms with van der Waals surface area (Å²) in [4.78, 5) is 0. The van der Waals surface area contributed by atoms with E-state index in [1.54, 1.807) is 0 Å². The molecule has 0 saturated carbocycles. The Balaban J connectivity index is 2.41. The summed E-state index contributed by atoms with van der Waals surface area (Å²) < 4.78 is 2.03. The highest BCUT2D eigenvalue weighted by atomic mass is 15.3. The van der Waals surface area contributed by atoms with Gasteiger partial charge in [0.05, 0.1) is 5.69 Å². The van der Waals surface area contributed by atoms with Gasteiger partial charge in [0.25, 0.3) is 0 Å². The van der Waals surface area contributed by atoms with Gasteiger partial charge in [-0.2, -0.15) is 5.10 Å². The van der Waals surface area contributed by atoms with E-state index in [4.69, 9.17) is 0 Å². The first-order valence-corrected chi connectivity index (χ1v) is 6.83. The number of aryl methyl sites for hydroxylation is 2. The van der Waals surface area contributed by atoms with Crippen molar-refractivity contribution < 1.29 is 0 Å². The molecular formula is C16H23N3. The number of nitrogens with one attached hydrogen (secondary N) is 1. The van der Waals surface area contributed by atoms with Crippen LogP contribution in [0.4, 0.5) is 0 Å². The zero-order chi connectivity index (χ0) is 14.0. The molecule has 1 heterocycles. The highest BCUT2D eigenvalue weighted by Gasteiger charge is 2.11. The monoisotopic (exact) mass is 257 g/mol. The van der Waals surface area contributed by atoms with Crippen LogP contribution in [0.25, 0.3) is 11.1 Å². The number of rotatable bonds is 4. The Bertz CT molecular complexity index is 567. The zero-order valence-corrected chi connectivity index (χ0v) is 12.5. The second-order valence-corrected chi connectivity index (χ2v) is 5.38. The zero-order valence-electron chi connectivity index (χ0n) is 12.5. The van der Waals surface area contributed by atoms with Crippen LogP contribution in [-0.2, 0) is 6.54 Å². The van der Waals surface area contributed by atoms with E-state index < -0.39 is 0 Å².